The van der Waals surface area contributed by atoms with Crippen LogP contribution in [-0.2, 0) is 14.9 Å². The molecule has 0 N–H and O–H groups in total. The van der Waals surface area contributed by atoms with E-state index in [1.807, 2.05) is 0 Å². The summed E-state index contributed by atoms with van der Waals surface area (Å²) in [6, 6.07) is 3.26. The third kappa shape index (κ3) is 3.00. The summed E-state index contributed by atoms with van der Waals surface area (Å²) in [5.74, 6) is 0. The predicted octanol–water partition coefficient (Wildman–Crippen LogP) is 0.335. The van der Waals surface area contributed by atoms with Crippen molar-refractivity contribution in [3.05, 3.63) is 28.3 Å². The van der Waals surface area contributed by atoms with Crippen LogP contribution < -0.4 is 4.90 Å². The Morgan fingerprint density at radius 2 is 1.89 bits per heavy atom. The first-order valence-electron chi connectivity index (χ1n) is 5.46. The predicted molar refractivity (Wildman–Crippen MR) is 64.1 cm³/mol. The van der Waals surface area contributed by atoms with E-state index in [4.69, 9.17) is 4.74 Å². The Bertz CT molecular complexity index is 594. The number of rotatable bonds is 3. The van der Waals surface area contributed by atoms with E-state index in [0.717, 1.165) is 6.07 Å². The van der Waals surface area contributed by atoms with Crippen LogP contribution >= 0.6 is 0 Å². The molecule has 0 saturated carbocycles. The standard InChI is InChI=1S/C10H12N2O6S/c13-12(14)8-1-2-9(10(7-8)19(15,16)17)11-3-5-18-6-4-11/h1-2,7H,3-6H2,(H,15,16,17)/p-1. The fraction of sp³-hybridized carbons (Fsp3) is 0.400. The van der Waals surface area contributed by atoms with E-state index in [1.54, 1.807) is 4.90 Å². The first-order valence-corrected chi connectivity index (χ1v) is 6.87. The van der Waals surface area contributed by atoms with E-state index < -0.39 is 25.6 Å². The second-order valence-corrected chi connectivity index (χ2v) is 5.31. The van der Waals surface area contributed by atoms with Gasteiger partial charge in [0.2, 0.25) is 0 Å². The van der Waals surface area contributed by atoms with E-state index in [9.17, 15) is 23.1 Å². The van der Waals surface area contributed by atoms with Crippen molar-refractivity contribution in [1.29, 1.82) is 0 Å². The van der Waals surface area contributed by atoms with Crippen LogP contribution in [0.15, 0.2) is 23.1 Å². The quantitative estimate of drug-likeness (QED) is 0.447. The van der Waals surface area contributed by atoms with E-state index in [1.165, 1.54) is 12.1 Å². The average molecular weight is 287 g/mol. The smallest absolute Gasteiger partial charge is 0.270 e. The average Bonchev–Trinajstić information content (AvgIpc) is 2.38. The first-order chi connectivity index (χ1) is 8.89. The molecule has 0 aliphatic carbocycles. The summed E-state index contributed by atoms with van der Waals surface area (Å²) in [7, 11) is -4.78. The summed E-state index contributed by atoms with van der Waals surface area (Å²) in [5, 5.41) is 10.6. The monoisotopic (exact) mass is 287 g/mol. The molecule has 9 heteroatoms. The summed E-state index contributed by atoms with van der Waals surface area (Å²) in [4.78, 5) is 11.0. The lowest BCUT2D eigenvalue weighted by Crippen LogP contribution is -2.37. The number of non-ortho nitro benzene ring substituents is 1. The number of anilines is 1. The van der Waals surface area contributed by atoms with Crippen molar-refractivity contribution in [3.63, 3.8) is 0 Å². The minimum Gasteiger partial charge on any atom is -0.744 e. The van der Waals surface area contributed by atoms with Gasteiger partial charge in [-0.2, -0.15) is 0 Å². The SMILES string of the molecule is O=[N+]([O-])c1ccc(N2CCOCC2)c(S(=O)(=O)[O-])c1. The fourth-order valence-corrected chi connectivity index (χ4v) is 2.60. The van der Waals surface area contributed by atoms with Crippen molar-refractivity contribution < 1.29 is 22.6 Å². The van der Waals surface area contributed by atoms with Gasteiger partial charge in [0.1, 0.15) is 10.1 Å². The van der Waals surface area contributed by atoms with E-state index in [2.05, 4.69) is 0 Å². The first kappa shape index (κ1) is 13.7. The molecule has 1 fully saturated rings. The van der Waals surface area contributed by atoms with Gasteiger partial charge in [0, 0.05) is 25.2 Å². The normalized spacial score (nSPS) is 16.4. The zero-order valence-corrected chi connectivity index (χ0v) is 10.6. The summed E-state index contributed by atoms with van der Waals surface area (Å²) in [5.41, 5.74) is -0.240. The van der Waals surface area contributed by atoms with Gasteiger partial charge in [-0.1, -0.05) is 0 Å². The van der Waals surface area contributed by atoms with Gasteiger partial charge in [-0.3, -0.25) is 10.1 Å². The van der Waals surface area contributed by atoms with E-state index in [0.29, 0.717) is 26.3 Å². The Morgan fingerprint density at radius 3 is 2.42 bits per heavy atom. The molecule has 19 heavy (non-hydrogen) atoms. The van der Waals surface area contributed by atoms with Crippen molar-refractivity contribution in [2.24, 2.45) is 0 Å². The molecule has 0 atom stereocenters. The second kappa shape index (κ2) is 5.11. The minimum atomic E-state index is -4.78. The maximum Gasteiger partial charge on any atom is 0.270 e. The Balaban J connectivity index is 2.50. The van der Waals surface area contributed by atoms with Gasteiger partial charge in [-0.05, 0) is 6.07 Å². The fourth-order valence-electron chi connectivity index (χ4n) is 1.88. The van der Waals surface area contributed by atoms with Crippen LogP contribution in [0.4, 0.5) is 11.4 Å². The molecule has 1 aliphatic heterocycles. The number of nitro benzene ring substituents is 1. The van der Waals surface area contributed by atoms with Gasteiger partial charge in [0.05, 0.1) is 28.7 Å². The molecule has 0 spiro atoms. The molecule has 0 bridgehead atoms. The van der Waals surface area contributed by atoms with Crippen LogP contribution in [0.5, 0.6) is 0 Å². The van der Waals surface area contributed by atoms with Crippen molar-refractivity contribution in [2.45, 2.75) is 4.90 Å². The highest BCUT2D eigenvalue weighted by atomic mass is 32.2. The number of nitrogens with zero attached hydrogens (tertiary/aromatic N) is 2. The molecule has 1 saturated heterocycles. The molecule has 1 aromatic rings. The van der Waals surface area contributed by atoms with Crippen LogP contribution in [0, 0.1) is 10.1 Å². The van der Waals surface area contributed by atoms with Crippen LogP contribution in [-0.4, -0.2) is 44.2 Å². The maximum atomic E-state index is 11.2. The van der Waals surface area contributed by atoms with Crippen LogP contribution in [0.25, 0.3) is 0 Å². The molecule has 1 aromatic carbocycles. The molecule has 8 nitrogen and oxygen atoms in total. The molecular weight excluding hydrogens is 276 g/mol. The zero-order valence-electron chi connectivity index (χ0n) is 9.81. The highest BCUT2D eigenvalue weighted by Gasteiger charge is 2.21. The largest absolute Gasteiger partial charge is 0.744 e. The number of hydrogen-bond acceptors (Lipinski definition) is 7. The van der Waals surface area contributed by atoms with Gasteiger partial charge >= 0.3 is 0 Å². The molecule has 1 aliphatic rings. The van der Waals surface area contributed by atoms with E-state index in [-0.39, 0.29) is 5.69 Å². The second-order valence-electron chi connectivity index (χ2n) is 3.96. The molecular formula is C10H11N2O6S-. The lowest BCUT2D eigenvalue weighted by Gasteiger charge is -2.30. The van der Waals surface area contributed by atoms with Crippen molar-refractivity contribution in [3.8, 4) is 0 Å². The van der Waals surface area contributed by atoms with Gasteiger partial charge in [0.25, 0.3) is 5.69 Å². The summed E-state index contributed by atoms with van der Waals surface area (Å²) in [6.45, 7) is 1.69. The molecule has 0 aromatic heterocycles. The topological polar surface area (TPSA) is 113 Å². The molecule has 2 rings (SSSR count). The third-order valence-electron chi connectivity index (χ3n) is 2.78. The van der Waals surface area contributed by atoms with Crippen LogP contribution in [0.1, 0.15) is 0 Å². The Kier molecular flexibility index (Phi) is 3.69. The van der Waals surface area contributed by atoms with Gasteiger partial charge in [0.15, 0.2) is 0 Å². The zero-order chi connectivity index (χ0) is 14.0. The van der Waals surface area contributed by atoms with Crippen molar-refractivity contribution in [2.75, 3.05) is 31.2 Å². The number of nitro groups is 1. The Labute approximate surface area is 109 Å². The summed E-state index contributed by atoms with van der Waals surface area (Å²) in [6.07, 6.45) is 0. The molecule has 0 unspecified atom stereocenters. The van der Waals surface area contributed by atoms with Gasteiger partial charge < -0.3 is 14.2 Å². The van der Waals surface area contributed by atoms with Crippen molar-refractivity contribution in [1.82, 2.24) is 0 Å². The van der Waals surface area contributed by atoms with Crippen LogP contribution in [0.3, 0.4) is 0 Å². The summed E-state index contributed by atoms with van der Waals surface area (Å²) < 4.78 is 38.8. The molecule has 104 valence electrons. The lowest BCUT2D eigenvalue weighted by atomic mass is 10.2. The molecule has 0 radical (unpaired) electrons. The molecule has 1 heterocycles. The van der Waals surface area contributed by atoms with Gasteiger partial charge in [-0.25, -0.2) is 8.42 Å². The van der Waals surface area contributed by atoms with Crippen LogP contribution in [0.2, 0.25) is 0 Å². The van der Waals surface area contributed by atoms with E-state index >= 15 is 0 Å². The lowest BCUT2D eigenvalue weighted by molar-refractivity contribution is -0.385. The minimum absolute atomic E-state index is 0.184. The number of morpholine rings is 1. The maximum absolute atomic E-state index is 11.2. The highest BCUT2D eigenvalue weighted by molar-refractivity contribution is 7.86. The number of ether oxygens (including phenoxy) is 1. The molecule has 0 amide bonds. The van der Waals surface area contributed by atoms with Gasteiger partial charge in [-0.15, -0.1) is 0 Å². The number of benzene rings is 1. The Morgan fingerprint density at radius 1 is 1.26 bits per heavy atom. The third-order valence-corrected chi connectivity index (χ3v) is 3.64. The number of hydrogen-bond donors (Lipinski definition) is 0. The Hall–Kier alpha value is -1.71. The highest BCUT2D eigenvalue weighted by Crippen LogP contribution is 2.29. The van der Waals surface area contributed by atoms with Crippen molar-refractivity contribution >= 4 is 21.5 Å². The summed E-state index contributed by atoms with van der Waals surface area (Å²) >= 11 is 0.